The molecule has 4 aromatic carbocycles. The van der Waals surface area contributed by atoms with Crippen molar-refractivity contribution in [2.75, 3.05) is 12.0 Å². The molecule has 1 aliphatic heterocycles. The molecule has 1 fully saturated rings. The van der Waals surface area contributed by atoms with Gasteiger partial charge in [0.05, 0.1) is 18.7 Å². The highest BCUT2D eigenvalue weighted by atomic mass is 16.5. The minimum Gasteiger partial charge on any atom is -0.508 e. The molecule has 0 spiro atoms. The van der Waals surface area contributed by atoms with Crippen molar-refractivity contribution in [2.45, 2.75) is 6.04 Å². The van der Waals surface area contributed by atoms with Crippen LogP contribution >= 0.6 is 0 Å². The zero-order valence-corrected chi connectivity index (χ0v) is 18.3. The first-order chi connectivity index (χ1) is 16.5. The smallest absolute Gasteiger partial charge is 0.300 e. The van der Waals surface area contributed by atoms with E-state index in [0.29, 0.717) is 22.6 Å². The van der Waals surface area contributed by atoms with E-state index in [0.717, 1.165) is 10.8 Å². The molecule has 0 saturated carbocycles. The molecule has 1 atom stereocenters. The average molecular weight is 451 g/mol. The molecular weight excluding hydrogens is 430 g/mol. The fraction of sp³-hybridized carbons (Fsp3) is 0.0714. The third-order valence-corrected chi connectivity index (χ3v) is 5.98. The van der Waals surface area contributed by atoms with Crippen LogP contribution in [0, 0.1) is 0 Å². The first-order valence-corrected chi connectivity index (χ1v) is 10.7. The highest BCUT2D eigenvalue weighted by Gasteiger charge is 2.47. The first kappa shape index (κ1) is 21.3. The van der Waals surface area contributed by atoms with Crippen molar-refractivity contribution in [3.8, 4) is 11.5 Å². The van der Waals surface area contributed by atoms with E-state index >= 15 is 0 Å². The number of fused-ring (bicyclic) bond motifs is 1. The third kappa shape index (κ3) is 3.55. The van der Waals surface area contributed by atoms with Gasteiger partial charge in [0.15, 0.2) is 0 Å². The molecule has 1 amide bonds. The summed E-state index contributed by atoms with van der Waals surface area (Å²) in [7, 11) is 1.51. The fourth-order valence-corrected chi connectivity index (χ4v) is 4.36. The van der Waals surface area contributed by atoms with Crippen molar-refractivity contribution in [3.05, 3.63) is 108 Å². The van der Waals surface area contributed by atoms with Crippen LogP contribution in [0.2, 0.25) is 0 Å². The molecule has 168 valence electrons. The Morgan fingerprint density at radius 1 is 0.853 bits per heavy atom. The number of rotatable bonds is 4. The molecule has 2 N–H and O–H groups in total. The lowest BCUT2D eigenvalue weighted by Crippen LogP contribution is -2.29. The average Bonchev–Trinajstić information content (AvgIpc) is 3.13. The summed E-state index contributed by atoms with van der Waals surface area (Å²) in [5.41, 5.74) is 1.30. The van der Waals surface area contributed by atoms with E-state index in [9.17, 15) is 19.8 Å². The second-order valence-electron chi connectivity index (χ2n) is 8.03. The van der Waals surface area contributed by atoms with Gasteiger partial charge in [-0.2, -0.15) is 0 Å². The van der Waals surface area contributed by atoms with Gasteiger partial charge in [0, 0.05) is 17.3 Å². The Hall–Kier alpha value is -4.58. The molecule has 34 heavy (non-hydrogen) atoms. The number of ketones is 1. The van der Waals surface area contributed by atoms with E-state index in [1.165, 1.54) is 24.1 Å². The maximum Gasteiger partial charge on any atom is 0.300 e. The number of aliphatic hydroxyl groups excluding tert-OH is 1. The van der Waals surface area contributed by atoms with Gasteiger partial charge in [0.2, 0.25) is 0 Å². The van der Waals surface area contributed by atoms with Crippen molar-refractivity contribution < 1.29 is 24.5 Å². The van der Waals surface area contributed by atoms with E-state index in [-0.39, 0.29) is 17.1 Å². The molecule has 1 saturated heterocycles. The van der Waals surface area contributed by atoms with Crippen molar-refractivity contribution in [2.24, 2.45) is 0 Å². The van der Waals surface area contributed by atoms with E-state index in [4.69, 9.17) is 4.74 Å². The van der Waals surface area contributed by atoms with Crippen LogP contribution in [0.25, 0.3) is 16.5 Å². The minimum atomic E-state index is -0.939. The Balaban J connectivity index is 1.73. The molecule has 0 aliphatic carbocycles. The lowest BCUT2D eigenvalue weighted by Gasteiger charge is -2.25. The standard InChI is InChI=1S/C28H21NO5/c1-34-23-11-5-9-21(16-23)29-25(19-8-4-10-22(30)15-19)24(27(32)28(29)33)26(31)20-13-12-17-6-2-3-7-18(17)14-20/h2-16,25,30-31H,1H3/b26-24-. The number of carbonyl (C=O) groups is 2. The highest BCUT2D eigenvalue weighted by Crippen LogP contribution is 2.43. The zero-order chi connectivity index (χ0) is 23.8. The molecular formula is C28H21NO5. The van der Waals surface area contributed by atoms with Gasteiger partial charge < -0.3 is 14.9 Å². The van der Waals surface area contributed by atoms with Gasteiger partial charge in [0.1, 0.15) is 17.3 Å². The van der Waals surface area contributed by atoms with Crippen molar-refractivity contribution >= 4 is 33.9 Å². The summed E-state index contributed by atoms with van der Waals surface area (Å²) in [6.07, 6.45) is 0. The Morgan fingerprint density at radius 2 is 1.62 bits per heavy atom. The van der Waals surface area contributed by atoms with E-state index < -0.39 is 17.7 Å². The maximum absolute atomic E-state index is 13.3. The Kier molecular flexibility index (Phi) is 5.26. The van der Waals surface area contributed by atoms with Crippen LogP contribution in [-0.4, -0.2) is 29.0 Å². The monoisotopic (exact) mass is 451 g/mol. The Bertz CT molecular complexity index is 1470. The van der Waals surface area contributed by atoms with Crippen molar-refractivity contribution in [1.29, 1.82) is 0 Å². The summed E-state index contributed by atoms with van der Waals surface area (Å²) in [5.74, 6) is -1.35. The van der Waals surface area contributed by atoms with Gasteiger partial charge in [0.25, 0.3) is 11.7 Å². The number of phenolic OH excluding ortho intramolecular Hbond substituents is 1. The first-order valence-electron chi connectivity index (χ1n) is 10.7. The fourth-order valence-electron chi connectivity index (χ4n) is 4.36. The zero-order valence-electron chi connectivity index (χ0n) is 18.3. The van der Waals surface area contributed by atoms with Gasteiger partial charge >= 0.3 is 0 Å². The molecule has 0 radical (unpaired) electrons. The van der Waals surface area contributed by atoms with Gasteiger partial charge in [-0.1, -0.05) is 54.6 Å². The third-order valence-electron chi connectivity index (χ3n) is 5.98. The number of carbonyl (C=O) groups excluding carboxylic acids is 2. The summed E-state index contributed by atoms with van der Waals surface area (Å²) in [6, 6.07) is 25.2. The van der Waals surface area contributed by atoms with Crippen molar-refractivity contribution in [1.82, 2.24) is 0 Å². The number of anilines is 1. The highest BCUT2D eigenvalue weighted by molar-refractivity contribution is 6.51. The normalized spacial score (nSPS) is 17.3. The quantitative estimate of drug-likeness (QED) is 0.254. The molecule has 4 aromatic rings. The summed E-state index contributed by atoms with van der Waals surface area (Å²) in [4.78, 5) is 27.9. The molecule has 6 heteroatoms. The summed E-state index contributed by atoms with van der Waals surface area (Å²) in [5, 5.41) is 23.3. The van der Waals surface area contributed by atoms with Crippen LogP contribution in [0.1, 0.15) is 17.2 Å². The van der Waals surface area contributed by atoms with Crippen molar-refractivity contribution in [3.63, 3.8) is 0 Å². The topological polar surface area (TPSA) is 87.1 Å². The lowest BCUT2D eigenvalue weighted by atomic mass is 9.94. The second-order valence-corrected chi connectivity index (χ2v) is 8.03. The predicted molar refractivity (Wildman–Crippen MR) is 130 cm³/mol. The van der Waals surface area contributed by atoms with Gasteiger partial charge in [-0.25, -0.2) is 0 Å². The maximum atomic E-state index is 13.3. The van der Waals surface area contributed by atoms with Gasteiger partial charge in [-0.15, -0.1) is 0 Å². The van der Waals surface area contributed by atoms with Crippen LogP contribution in [0.3, 0.4) is 0 Å². The molecule has 6 nitrogen and oxygen atoms in total. The number of phenols is 1. The van der Waals surface area contributed by atoms with E-state index in [1.807, 2.05) is 30.3 Å². The molecule has 0 bridgehead atoms. The molecule has 1 aliphatic rings. The SMILES string of the molecule is COc1cccc(N2C(=O)C(=O)/C(=C(\O)c3ccc4ccccc4c3)C2c2cccc(O)c2)c1. The Morgan fingerprint density at radius 3 is 2.38 bits per heavy atom. The minimum absolute atomic E-state index is 0.0144. The number of hydrogen-bond donors (Lipinski definition) is 2. The van der Waals surface area contributed by atoms with Gasteiger partial charge in [-0.05, 0) is 46.7 Å². The largest absolute Gasteiger partial charge is 0.508 e. The summed E-state index contributed by atoms with van der Waals surface area (Å²) in [6.45, 7) is 0. The molecule has 5 rings (SSSR count). The molecule has 1 heterocycles. The summed E-state index contributed by atoms with van der Waals surface area (Å²) < 4.78 is 5.30. The number of nitrogens with zero attached hydrogens (tertiary/aromatic N) is 1. The van der Waals surface area contributed by atoms with E-state index in [2.05, 4.69) is 0 Å². The van der Waals surface area contributed by atoms with Crippen LogP contribution in [0.4, 0.5) is 5.69 Å². The number of aromatic hydroxyl groups is 1. The van der Waals surface area contributed by atoms with Gasteiger partial charge in [-0.3, -0.25) is 14.5 Å². The van der Waals surface area contributed by atoms with Crippen LogP contribution < -0.4 is 9.64 Å². The van der Waals surface area contributed by atoms with Crippen LogP contribution in [-0.2, 0) is 9.59 Å². The second kappa shape index (κ2) is 8.41. The Labute approximate surface area is 196 Å². The predicted octanol–water partition coefficient (Wildman–Crippen LogP) is 5.18. The molecule has 1 unspecified atom stereocenters. The number of methoxy groups -OCH3 is 1. The number of aliphatic hydroxyl groups is 1. The van der Waals surface area contributed by atoms with Crippen LogP contribution in [0.15, 0.2) is 96.6 Å². The van der Waals surface area contributed by atoms with Crippen LogP contribution in [0.5, 0.6) is 11.5 Å². The summed E-state index contributed by atoms with van der Waals surface area (Å²) >= 11 is 0. The van der Waals surface area contributed by atoms with E-state index in [1.54, 1.807) is 48.5 Å². The molecule has 0 aromatic heterocycles. The number of benzene rings is 4. The number of hydrogen-bond acceptors (Lipinski definition) is 5. The number of amides is 1. The lowest BCUT2D eigenvalue weighted by molar-refractivity contribution is -0.132. The number of Topliss-reactive ketones (excluding diaryl/α,β-unsaturated/α-hetero) is 1. The number of ether oxygens (including phenoxy) is 1.